The highest BCUT2D eigenvalue weighted by Crippen LogP contribution is 2.61. The van der Waals surface area contributed by atoms with Crippen molar-refractivity contribution in [2.24, 2.45) is 28.2 Å². The molecule has 0 spiro atoms. The summed E-state index contributed by atoms with van der Waals surface area (Å²) < 4.78 is 0. The summed E-state index contributed by atoms with van der Waals surface area (Å²) in [5.41, 5.74) is 3.90. The van der Waals surface area contributed by atoms with Crippen LogP contribution in [0.4, 0.5) is 11.4 Å². The van der Waals surface area contributed by atoms with Gasteiger partial charge in [0.05, 0.1) is 10.6 Å². The smallest absolute Gasteiger partial charge is 0.258 e. The minimum absolute atomic E-state index is 0.103. The van der Waals surface area contributed by atoms with Crippen molar-refractivity contribution in [2.45, 2.75) is 44.9 Å². The summed E-state index contributed by atoms with van der Waals surface area (Å²) in [6, 6.07) is 15.1. The van der Waals surface area contributed by atoms with Crippen molar-refractivity contribution in [1.82, 2.24) is 0 Å². The Kier molecular flexibility index (Phi) is 4.30. The number of rotatable bonds is 5. The average Bonchev–Trinajstić information content (AvgIpc) is 2.66. The summed E-state index contributed by atoms with van der Waals surface area (Å²) in [5.74, 6) is 2.99. The van der Waals surface area contributed by atoms with Crippen LogP contribution in [-0.2, 0) is 6.42 Å². The molecule has 4 aliphatic rings. The molecule has 4 fully saturated rings. The van der Waals surface area contributed by atoms with E-state index >= 15 is 0 Å². The first-order chi connectivity index (χ1) is 13.6. The fourth-order valence-corrected chi connectivity index (χ4v) is 6.47. The fraction of sp³-hybridized carbons (Fsp3) is 0.458. The summed E-state index contributed by atoms with van der Waals surface area (Å²) in [4.78, 5) is 14.9. The molecule has 0 heterocycles. The number of nitro groups is 1. The van der Waals surface area contributed by atoms with Gasteiger partial charge in [0.1, 0.15) is 0 Å². The Morgan fingerprint density at radius 3 is 2.04 bits per heavy atom. The van der Waals surface area contributed by atoms with Crippen LogP contribution < -0.4 is 0 Å². The van der Waals surface area contributed by atoms with Crippen LogP contribution in [-0.4, -0.2) is 11.1 Å². The van der Waals surface area contributed by atoms with E-state index in [9.17, 15) is 10.1 Å². The van der Waals surface area contributed by atoms with Gasteiger partial charge in [-0.3, -0.25) is 15.1 Å². The molecule has 0 aromatic heterocycles. The standard InChI is InChI=1S/C24H26N2O2/c27-26(28)23-7-3-18(4-8-23)16-25-22-5-1-17(2-6-22)12-24-13-19-9-20(14-24)11-21(10-19)15-24/h1-8,16,19-21H,9-15H2. The third-order valence-electron chi connectivity index (χ3n) is 7.15. The van der Waals surface area contributed by atoms with Crippen LogP contribution in [0.15, 0.2) is 53.5 Å². The molecular formula is C24H26N2O2. The van der Waals surface area contributed by atoms with Crippen molar-refractivity contribution in [3.05, 3.63) is 69.8 Å². The van der Waals surface area contributed by atoms with Crippen LogP contribution in [0.5, 0.6) is 0 Å². The van der Waals surface area contributed by atoms with E-state index in [-0.39, 0.29) is 10.6 Å². The molecule has 0 radical (unpaired) electrons. The van der Waals surface area contributed by atoms with E-state index < -0.39 is 0 Å². The van der Waals surface area contributed by atoms with E-state index in [2.05, 4.69) is 29.3 Å². The first-order valence-electron chi connectivity index (χ1n) is 10.4. The van der Waals surface area contributed by atoms with Crippen LogP contribution in [0.3, 0.4) is 0 Å². The first-order valence-corrected chi connectivity index (χ1v) is 10.4. The summed E-state index contributed by atoms with van der Waals surface area (Å²) in [6.45, 7) is 0. The van der Waals surface area contributed by atoms with Gasteiger partial charge < -0.3 is 0 Å². The van der Waals surface area contributed by atoms with E-state index in [1.54, 1.807) is 18.3 Å². The second kappa shape index (κ2) is 6.84. The number of benzene rings is 2. The number of hydrogen-bond acceptors (Lipinski definition) is 3. The lowest BCUT2D eigenvalue weighted by atomic mass is 9.48. The number of nitrogens with zero attached hydrogens (tertiary/aromatic N) is 2. The highest BCUT2D eigenvalue weighted by Gasteiger charge is 2.50. The van der Waals surface area contributed by atoms with Gasteiger partial charge in [0, 0.05) is 18.3 Å². The van der Waals surface area contributed by atoms with Gasteiger partial charge in [-0.2, -0.15) is 0 Å². The third kappa shape index (κ3) is 3.48. The number of hydrogen-bond donors (Lipinski definition) is 0. The van der Waals surface area contributed by atoms with E-state index in [4.69, 9.17) is 0 Å². The maximum atomic E-state index is 10.7. The van der Waals surface area contributed by atoms with Crippen LogP contribution in [0, 0.1) is 33.3 Å². The van der Waals surface area contributed by atoms with Crippen molar-refractivity contribution in [2.75, 3.05) is 0 Å². The molecule has 0 atom stereocenters. The van der Waals surface area contributed by atoms with Crippen LogP contribution in [0.1, 0.15) is 49.7 Å². The van der Waals surface area contributed by atoms with Gasteiger partial charge in [-0.15, -0.1) is 0 Å². The van der Waals surface area contributed by atoms with Crippen molar-refractivity contribution in [3.63, 3.8) is 0 Å². The van der Waals surface area contributed by atoms with Crippen LogP contribution in [0.2, 0.25) is 0 Å². The normalized spacial score (nSPS) is 30.8. The van der Waals surface area contributed by atoms with Crippen molar-refractivity contribution in [3.8, 4) is 0 Å². The quantitative estimate of drug-likeness (QED) is 0.360. The molecule has 4 saturated carbocycles. The van der Waals surface area contributed by atoms with E-state index in [0.29, 0.717) is 5.41 Å². The Morgan fingerprint density at radius 2 is 1.50 bits per heavy atom. The molecule has 0 saturated heterocycles. The zero-order valence-electron chi connectivity index (χ0n) is 16.1. The molecule has 2 aromatic carbocycles. The summed E-state index contributed by atoms with van der Waals surface area (Å²) in [7, 11) is 0. The topological polar surface area (TPSA) is 55.5 Å². The molecular weight excluding hydrogens is 348 g/mol. The van der Waals surface area contributed by atoms with Gasteiger partial charge in [-0.1, -0.05) is 12.1 Å². The molecule has 4 nitrogen and oxygen atoms in total. The predicted octanol–water partition coefficient (Wildman–Crippen LogP) is 6.10. The number of non-ortho nitro benzene ring substituents is 1. The van der Waals surface area contributed by atoms with Crippen molar-refractivity contribution < 1.29 is 4.92 Å². The van der Waals surface area contributed by atoms with Crippen LogP contribution in [0.25, 0.3) is 0 Å². The minimum Gasteiger partial charge on any atom is -0.258 e. The molecule has 4 aliphatic carbocycles. The summed E-state index contributed by atoms with van der Waals surface area (Å²) >= 11 is 0. The molecule has 0 aliphatic heterocycles. The average molecular weight is 374 g/mol. The monoisotopic (exact) mass is 374 g/mol. The molecule has 2 aromatic rings. The molecule has 4 heteroatoms. The lowest BCUT2D eigenvalue weighted by Crippen LogP contribution is -2.47. The summed E-state index contributed by atoms with van der Waals surface area (Å²) in [6.07, 6.45) is 11.8. The maximum absolute atomic E-state index is 10.7. The number of nitro benzene ring substituents is 1. The lowest BCUT2D eigenvalue weighted by molar-refractivity contribution is -0.384. The van der Waals surface area contributed by atoms with Gasteiger partial charge in [-0.25, -0.2) is 0 Å². The molecule has 4 bridgehead atoms. The minimum atomic E-state index is -0.385. The largest absolute Gasteiger partial charge is 0.269 e. The Hall–Kier alpha value is -2.49. The zero-order valence-corrected chi connectivity index (χ0v) is 16.1. The first kappa shape index (κ1) is 17.6. The van der Waals surface area contributed by atoms with Crippen LogP contribution >= 0.6 is 0 Å². The van der Waals surface area contributed by atoms with Gasteiger partial charge in [0.25, 0.3) is 5.69 Å². The molecule has 0 unspecified atom stereocenters. The SMILES string of the molecule is O=[N+]([O-])c1ccc(C=Nc2ccc(CC34CC5CC(CC(C5)C3)C4)cc2)cc1. The number of aliphatic imine (C=N–C) groups is 1. The third-order valence-corrected chi connectivity index (χ3v) is 7.15. The Labute approximate surface area is 165 Å². The second-order valence-corrected chi connectivity index (χ2v) is 9.37. The fourth-order valence-electron chi connectivity index (χ4n) is 6.47. The molecule has 144 valence electrons. The molecule has 6 rings (SSSR count). The molecule has 0 N–H and O–H groups in total. The van der Waals surface area contributed by atoms with Crippen molar-refractivity contribution >= 4 is 17.6 Å². The lowest BCUT2D eigenvalue weighted by Gasteiger charge is -2.57. The Balaban J connectivity index is 1.25. The Bertz CT molecular complexity index is 864. The molecule has 28 heavy (non-hydrogen) atoms. The zero-order chi connectivity index (χ0) is 19.1. The predicted molar refractivity (Wildman–Crippen MR) is 111 cm³/mol. The highest BCUT2D eigenvalue weighted by atomic mass is 16.6. The summed E-state index contributed by atoms with van der Waals surface area (Å²) in [5, 5.41) is 10.7. The van der Waals surface area contributed by atoms with Gasteiger partial charge in [0.15, 0.2) is 0 Å². The highest BCUT2D eigenvalue weighted by molar-refractivity contribution is 5.82. The van der Waals surface area contributed by atoms with E-state index in [1.807, 2.05) is 0 Å². The van der Waals surface area contributed by atoms with E-state index in [1.165, 1.54) is 62.6 Å². The molecule has 0 amide bonds. The Morgan fingerprint density at radius 1 is 0.929 bits per heavy atom. The second-order valence-electron chi connectivity index (χ2n) is 9.37. The van der Waals surface area contributed by atoms with Gasteiger partial charge in [-0.05, 0) is 104 Å². The van der Waals surface area contributed by atoms with E-state index in [0.717, 1.165) is 29.0 Å². The van der Waals surface area contributed by atoms with Gasteiger partial charge >= 0.3 is 0 Å². The maximum Gasteiger partial charge on any atom is 0.269 e. The van der Waals surface area contributed by atoms with Gasteiger partial charge in [0.2, 0.25) is 0 Å². The van der Waals surface area contributed by atoms with Crippen molar-refractivity contribution in [1.29, 1.82) is 0 Å².